The Balaban J connectivity index is 1.78. The minimum atomic E-state index is -4.36. The van der Waals surface area contributed by atoms with Crippen LogP contribution in [0.25, 0.3) is 0 Å². The summed E-state index contributed by atoms with van der Waals surface area (Å²) in [5.74, 6) is 1.10. The van der Waals surface area contributed by atoms with Crippen LogP contribution in [-0.4, -0.2) is 21.7 Å². The maximum absolute atomic E-state index is 13.0. The van der Waals surface area contributed by atoms with Gasteiger partial charge in [-0.3, -0.25) is 5.10 Å². The molecule has 7 heteroatoms. The second-order valence-electron chi connectivity index (χ2n) is 5.47. The first kappa shape index (κ1) is 15.0. The van der Waals surface area contributed by atoms with Crippen LogP contribution in [0.1, 0.15) is 48.1 Å². The molecule has 2 heterocycles. The number of benzene rings is 1. The number of hydrogen-bond acceptors (Lipinski definition) is 3. The quantitative estimate of drug-likeness (QED) is 0.915. The van der Waals surface area contributed by atoms with E-state index in [0.717, 1.165) is 31.9 Å². The third kappa shape index (κ3) is 3.30. The zero-order chi connectivity index (χ0) is 15.6. The van der Waals surface area contributed by atoms with E-state index in [9.17, 15) is 13.2 Å². The molecule has 3 rings (SSSR count). The van der Waals surface area contributed by atoms with E-state index in [4.69, 9.17) is 0 Å². The Morgan fingerprint density at radius 3 is 2.73 bits per heavy atom. The van der Waals surface area contributed by atoms with Crippen LogP contribution in [0, 0.1) is 0 Å². The lowest BCUT2D eigenvalue weighted by Gasteiger charge is -2.20. The number of hydrogen-bond donors (Lipinski definition) is 2. The molecule has 4 nitrogen and oxygen atoms in total. The van der Waals surface area contributed by atoms with Gasteiger partial charge in [0.1, 0.15) is 5.82 Å². The molecule has 0 radical (unpaired) electrons. The standard InChI is InChI=1S/C15H17F3N4/c16-15(17,18)11-6-2-1-5-10(11)9-13-20-14(22-21-13)12-7-3-4-8-19-12/h1-2,5-6,12,19H,3-4,7-9H2,(H,20,21,22). The number of nitrogens with zero attached hydrogens (tertiary/aromatic N) is 2. The summed E-state index contributed by atoms with van der Waals surface area (Å²) < 4.78 is 39.0. The van der Waals surface area contributed by atoms with Crippen LogP contribution >= 0.6 is 0 Å². The predicted octanol–water partition coefficient (Wildman–Crippen LogP) is 3.23. The Hall–Kier alpha value is -1.89. The van der Waals surface area contributed by atoms with Gasteiger partial charge in [-0.15, -0.1) is 0 Å². The zero-order valence-corrected chi connectivity index (χ0v) is 12.0. The molecule has 0 aliphatic carbocycles. The number of halogens is 3. The Labute approximate surface area is 126 Å². The second-order valence-corrected chi connectivity index (χ2v) is 5.47. The number of aromatic nitrogens is 3. The van der Waals surface area contributed by atoms with E-state index in [-0.39, 0.29) is 18.0 Å². The number of H-pyrrole nitrogens is 1. The summed E-state index contributed by atoms with van der Waals surface area (Å²) in [6.45, 7) is 0.922. The zero-order valence-electron chi connectivity index (χ0n) is 12.0. The van der Waals surface area contributed by atoms with Gasteiger partial charge >= 0.3 is 6.18 Å². The summed E-state index contributed by atoms with van der Waals surface area (Å²) in [6, 6.07) is 5.66. The van der Waals surface area contributed by atoms with Crippen LogP contribution in [0.3, 0.4) is 0 Å². The predicted molar refractivity (Wildman–Crippen MR) is 75.2 cm³/mol. The number of nitrogens with one attached hydrogen (secondary N) is 2. The molecule has 2 N–H and O–H groups in total. The largest absolute Gasteiger partial charge is 0.416 e. The molecule has 2 aromatic rings. The van der Waals surface area contributed by atoms with Gasteiger partial charge in [-0.2, -0.15) is 18.3 Å². The van der Waals surface area contributed by atoms with Gasteiger partial charge in [-0.1, -0.05) is 24.6 Å². The van der Waals surface area contributed by atoms with E-state index in [0.29, 0.717) is 11.6 Å². The van der Waals surface area contributed by atoms with E-state index in [1.54, 1.807) is 6.07 Å². The van der Waals surface area contributed by atoms with Gasteiger partial charge in [-0.25, -0.2) is 4.98 Å². The molecule has 0 bridgehead atoms. The monoisotopic (exact) mass is 310 g/mol. The Morgan fingerprint density at radius 1 is 1.18 bits per heavy atom. The maximum atomic E-state index is 13.0. The van der Waals surface area contributed by atoms with Gasteiger partial charge in [0.15, 0.2) is 5.82 Å². The van der Waals surface area contributed by atoms with Gasteiger partial charge < -0.3 is 5.32 Å². The van der Waals surface area contributed by atoms with E-state index in [1.807, 2.05) is 0 Å². The fraction of sp³-hybridized carbons (Fsp3) is 0.467. The van der Waals surface area contributed by atoms with Crippen molar-refractivity contribution in [2.45, 2.75) is 37.9 Å². The minimum Gasteiger partial charge on any atom is -0.307 e. The van der Waals surface area contributed by atoms with Crippen molar-refractivity contribution >= 4 is 0 Å². The SMILES string of the molecule is FC(F)(F)c1ccccc1Cc1nc(C2CCCCN2)n[nH]1. The molecular weight excluding hydrogens is 293 g/mol. The summed E-state index contributed by atoms with van der Waals surface area (Å²) in [5, 5.41) is 10.2. The summed E-state index contributed by atoms with van der Waals surface area (Å²) in [4.78, 5) is 4.36. The van der Waals surface area contributed by atoms with Crippen molar-refractivity contribution < 1.29 is 13.2 Å². The van der Waals surface area contributed by atoms with Crippen molar-refractivity contribution in [1.82, 2.24) is 20.5 Å². The van der Waals surface area contributed by atoms with Gasteiger partial charge in [0.05, 0.1) is 11.6 Å². The van der Waals surface area contributed by atoms with Crippen LogP contribution in [0.15, 0.2) is 24.3 Å². The van der Waals surface area contributed by atoms with Gasteiger partial charge in [-0.05, 0) is 31.0 Å². The normalized spacial score (nSPS) is 19.3. The fourth-order valence-electron chi connectivity index (χ4n) is 2.75. The number of aromatic amines is 1. The number of rotatable bonds is 3. The first-order valence-electron chi connectivity index (χ1n) is 7.33. The number of alkyl halides is 3. The molecule has 1 atom stereocenters. The van der Waals surface area contributed by atoms with Crippen molar-refractivity contribution in [2.75, 3.05) is 6.54 Å². The van der Waals surface area contributed by atoms with Crippen molar-refractivity contribution in [3.8, 4) is 0 Å². The van der Waals surface area contributed by atoms with E-state index in [1.165, 1.54) is 12.1 Å². The van der Waals surface area contributed by atoms with Crippen molar-refractivity contribution in [1.29, 1.82) is 0 Å². The highest BCUT2D eigenvalue weighted by Gasteiger charge is 2.33. The van der Waals surface area contributed by atoms with Crippen molar-refractivity contribution in [2.24, 2.45) is 0 Å². The van der Waals surface area contributed by atoms with Crippen LogP contribution in [-0.2, 0) is 12.6 Å². The molecule has 1 saturated heterocycles. The molecule has 1 aromatic carbocycles. The Kier molecular flexibility index (Phi) is 4.15. The van der Waals surface area contributed by atoms with Crippen LogP contribution in [0.5, 0.6) is 0 Å². The molecule has 0 spiro atoms. The highest BCUT2D eigenvalue weighted by atomic mass is 19.4. The lowest BCUT2D eigenvalue weighted by molar-refractivity contribution is -0.138. The third-order valence-corrected chi connectivity index (χ3v) is 3.85. The van der Waals surface area contributed by atoms with Crippen LogP contribution in [0.4, 0.5) is 13.2 Å². The van der Waals surface area contributed by atoms with E-state index < -0.39 is 11.7 Å². The van der Waals surface area contributed by atoms with Crippen molar-refractivity contribution in [3.63, 3.8) is 0 Å². The Bertz CT molecular complexity index is 630. The van der Waals surface area contributed by atoms with E-state index >= 15 is 0 Å². The molecule has 1 aliphatic heterocycles. The molecule has 0 amide bonds. The molecule has 1 aromatic heterocycles. The first-order valence-corrected chi connectivity index (χ1v) is 7.33. The molecule has 0 saturated carbocycles. The first-order chi connectivity index (χ1) is 10.5. The smallest absolute Gasteiger partial charge is 0.307 e. The molecule has 22 heavy (non-hydrogen) atoms. The molecular formula is C15H17F3N4. The summed E-state index contributed by atoms with van der Waals surface area (Å²) in [7, 11) is 0. The molecule has 1 aliphatic rings. The number of piperidine rings is 1. The van der Waals surface area contributed by atoms with Gasteiger partial charge in [0.2, 0.25) is 0 Å². The summed E-state index contributed by atoms with van der Waals surface area (Å²) in [6.07, 6.45) is -1.07. The Morgan fingerprint density at radius 2 is 2.00 bits per heavy atom. The molecule has 118 valence electrons. The lowest BCUT2D eigenvalue weighted by Crippen LogP contribution is -2.27. The minimum absolute atomic E-state index is 0.0927. The summed E-state index contributed by atoms with van der Waals surface area (Å²) >= 11 is 0. The van der Waals surface area contributed by atoms with Crippen LogP contribution < -0.4 is 5.32 Å². The van der Waals surface area contributed by atoms with Gasteiger partial charge in [0.25, 0.3) is 0 Å². The van der Waals surface area contributed by atoms with E-state index in [2.05, 4.69) is 20.5 Å². The highest BCUT2D eigenvalue weighted by Crippen LogP contribution is 2.32. The van der Waals surface area contributed by atoms with Crippen LogP contribution in [0.2, 0.25) is 0 Å². The topological polar surface area (TPSA) is 53.6 Å². The molecule has 1 unspecified atom stereocenters. The van der Waals surface area contributed by atoms with Gasteiger partial charge in [0, 0.05) is 6.42 Å². The highest BCUT2D eigenvalue weighted by molar-refractivity contribution is 5.31. The lowest BCUT2D eigenvalue weighted by atomic mass is 10.0. The fourth-order valence-corrected chi connectivity index (χ4v) is 2.75. The molecule has 1 fully saturated rings. The third-order valence-electron chi connectivity index (χ3n) is 3.85. The summed E-state index contributed by atoms with van der Waals surface area (Å²) in [5.41, 5.74) is -0.418. The second kappa shape index (κ2) is 6.08. The average Bonchev–Trinajstić information content (AvgIpc) is 2.96. The van der Waals surface area contributed by atoms with Crippen molar-refractivity contribution in [3.05, 3.63) is 47.0 Å². The maximum Gasteiger partial charge on any atom is 0.416 e. The average molecular weight is 310 g/mol.